The minimum absolute atomic E-state index is 0.0180. The largest absolute Gasteiger partial charge is 0.508 e. The van der Waals surface area contributed by atoms with Gasteiger partial charge in [-0.25, -0.2) is 0 Å². The summed E-state index contributed by atoms with van der Waals surface area (Å²) in [5, 5.41) is 44.6. The second kappa shape index (κ2) is 8.86. The Morgan fingerprint density at radius 3 is 2.30 bits per heavy atom. The molecule has 3 aliphatic carbocycles. The summed E-state index contributed by atoms with van der Waals surface area (Å²) < 4.78 is 5.56. The number of carbonyl (C=O) groups excluding carboxylic acids is 3. The zero-order chi connectivity index (χ0) is 29.6. The van der Waals surface area contributed by atoms with E-state index in [9.17, 15) is 44.4 Å². The van der Waals surface area contributed by atoms with Gasteiger partial charge < -0.3 is 30.9 Å². The second-order valence-corrected chi connectivity index (χ2v) is 11.0. The first-order valence-electron chi connectivity index (χ1n) is 12.6. The average Bonchev–Trinajstić information content (AvgIpc) is 2.86. The fraction of sp³-hybridized carbons (Fsp3) is 0.393. The Bertz CT molecular complexity index is 1660. The summed E-state index contributed by atoms with van der Waals surface area (Å²) >= 11 is 0. The lowest BCUT2D eigenvalue weighted by Crippen LogP contribution is -2.65. The number of phenols is 1. The molecule has 40 heavy (non-hydrogen) atoms. The number of nitrogens with two attached hydrogens (primary N) is 1. The molecule has 1 fully saturated rings. The number of likely N-dealkylation sites (N-methyl/N-ethyl adjacent to an activating group) is 1. The van der Waals surface area contributed by atoms with E-state index in [1.807, 2.05) is 0 Å². The van der Waals surface area contributed by atoms with E-state index in [0.29, 0.717) is 0 Å². The molecule has 5 rings (SSSR count). The van der Waals surface area contributed by atoms with Crippen LogP contribution in [0.15, 0.2) is 38.6 Å². The average molecular weight is 553 g/mol. The maximum absolute atomic E-state index is 13.9. The highest BCUT2D eigenvalue weighted by atomic mass is 16.5. The topological polar surface area (TPSA) is 205 Å². The molecule has 12 heteroatoms. The molecule has 2 aromatic rings. The number of ether oxygens (including phenoxy) is 1. The normalized spacial score (nSPS) is 26.3. The summed E-state index contributed by atoms with van der Waals surface area (Å²) in [7, 11) is 3.01. The van der Waals surface area contributed by atoms with Crippen molar-refractivity contribution < 1.29 is 39.5 Å². The van der Waals surface area contributed by atoms with Crippen LogP contribution in [0.3, 0.4) is 0 Å². The Morgan fingerprint density at radius 2 is 1.73 bits per heavy atom. The molecule has 0 saturated heterocycles. The van der Waals surface area contributed by atoms with Crippen LogP contribution in [-0.2, 0) is 20.8 Å². The Labute approximate surface area is 227 Å². The summed E-state index contributed by atoms with van der Waals surface area (Å²) in [6, 6.07) is 1.38. The molecule has 0 radical (unpaired) electrons. The van der Waals surface area contributed by atoms with E-state index >= 15 is 0 Å². The lowest BCUT2D eigenvalue weighted by Gasteiger charge is -2.50. The van der Waals surface area contributed by atoms with Gasteiger partial charge in [-0.2, -0.15) is 0 Å². The smallest absolute Gasteiger partial charge is 0.268 e. The molecule has 0 unspecified atom stereocenters. The zero-order valence-corrected chi connectivity index (χ0v) is 22.1. The number of carbonyl (C=O) groups is 3. The van der Waals surface area contributed by atoms with Crippen molar-refractivity contribution in [2.24, 2.45) is 17.6 Å². The first-order valence-corrected chi connectivity index (χ1v) is 12.6. The molecule has 6 N–H and O–H groups in total. The molecular formula is C28H28N2O10. The number of benzene rings is 1. The molecule has 0 aliphatic heterocycles. The number of phenolic OH excluding ortho intramolecular Hbond substituents is 1. The highest BCUT2D eigenvalue weighted by Gasteiger charge is 2.64. The van der Waals surface area contributed by atoms with Crippen LogP contribution in [0.1, 0.15) is 31.4 Å². The molecule has 1 amide bonds. The van der Waals surface area contributed by atoms with Gasteiger partial charge in [0.25, 0.3) is 11.3 Å². The summed E-state index contributed by atoms with van der Waals surface area (Å²) in [6.45, 7) is 3.37. The second-order valence-electron chi connectivity index (χ2n) is 11.0. The van der Waals surface area contributed by atoms with Gasteiger partial charge in [-0.15, -0.1) is 0 Å². The maximum atomic E-state index is 13.9. The van der Waals surface area contributed by atoms with Crippen molar-refractivity contribution in [1.29, 1.82) is 0 Å². The van der Waals surface area contributed by atoms with E-state index in [2.05, 4.69) is 0 Å². The highest BCUT2D eigenvalue weighted by molar-refractivity contribution is 6.24. The number of Topliss-reactive ketones (excluding diaryl/α,β-unsaturated/α-hetero) is 2. The minimum atomic E-state index is -2.76. The van der Waals surface area contributed by atoms with Crippen molar-refractivity contribution in [3.8, 4) is 22.6 Å². The summed E-state index contributed by atoms with van der Waals surface area (Å²) in [5.74, 6) is -7.84. The number of ketones is 2. The van der Waals surface area contributed by atoms with Crippen molar-refractivity contribution in [3.05, 3.63) is 60.6 Å². The van der Waals surface area contributed by atoms with Gasteiger partial charge in [-0.1, -0.05) is 6.07 Å². The van der Waals surface area contributed by atoms with Gasteiger partial charge in [0.2, 0.25) is 11.2 Å². The number of fused-ring (bicyclic) bond motifs is 3. The number of amides is 1. The first kappa shape index (κ1) is 27.3. The molecule has 2 aromatic carbocycles. The zero-order valence-electron chi connectivity index (χ0n) is 22.1. The summed E-state index contributed by atoms with van der Waals surface area (Å²) in [6.07, 6.45) is -0.554. The van der Waals surface area contributed by atoms with Crippen molar-refractivity contribution >= 4 is 23.2 Å². The van der Waals surface area contributed by atoms with Crippen LogP contribution in [0.4, 0.5) is 0 Å². The van der Waals surface area contributed by atoms with Gasteiger partial charge in [0.05, 0.1) is 23.3 Å². The number of aliphatic hydroxyl groups is 3. The predicted octanol–water partition coefficient (Wildman–Crippen LogP) is 0.0142. The monoisotopic (exact) mass is 552 g/mol. The SMILES string of the molecule is CC(C)Oc1c(-c2ccc(O)c3c2C[C@H]2C[C@H]4[C@H](N(C)C)C(=O)C(C(N)=O)=C(O)[C@@]4(O)C(=O)C2=C3O)c(=O)c1=O. The summed E-state index contributed by atoms with van der Waals surface area (Å²) in [5.41, 5.74) is 0.0521. The Hall–Kier alpha value is -4.29. The quantitative estimate of drug-likeness (QED) is 0.247. The molecule has 1 saturated carbocycles. The van der Waals surface area contributed by atoms with E-state index in [0.717, 1.165) is 0 Å². The number of rotatable bonds is 5. The number of hydrogen-bond acceptors (Lipinski definition) is 11. The molecule has 210 valence electrons. The van der Waals surface area contributed by atoms with Crippen LogP contribution in [0.2, 0.25) is 0 Å². The molecule has 0 spiro atoms. The van der Waals surface area contributed by atoms with Gasteiger partial charge in [0, 0.05) is 11.5 Å². The van der Waals surface area contributed by atoms with Crippen molar-refractivity contribution in [2.75, 3.05) is 14.1 Å². The van der Waals surface area contributed by atoms with Crippen LogP contribution in [0.25, 0.3) is 16.9 Å². The third kappa shape index (κ3) is 3.42. The van der Waals surface area contributed by atoms with Crippen molar-refractivity contribution in [2.45, 2.75) is 44.4 Å². The molecular weight excluding hydrogens is 524 g/mol. The molecule has 0 heterocycles. The Kier molecular flexibility index (Phi) is 6.05. The fourth-order valence-electron chi connectivity index (χ4n) is 6.44. The Morgan fingerprint density at radius 1 is 1.07 bits per heavy atom. The Balaban J connectivity index is 1.74. The van der Waals surface area contributed by atoms with Gasteiger partial charge in [0.1, 0.15) is 22.8 Å². The lowest BCUT2D eigenvalue weighted by molar-refractivity contribution is -0.153. The molecule has 0 aromatic heterocycles. The maximum Gasteiger partial charge on any atom is 0.268 e. The van der Waals surface area contributed by atoms with Crippen LogP contribution in [0.5, 0.6) is 11.5 Å². The number of primary amides is 1. The highest BCUT2D eigenvalue weighted by Crippen LogP contribution is 2.53. The standard InChI is InChI=1S/C28H28N2O10/c1-9(2)40-24-17(22(34)23(24)35)11-5-6-14(31)16-12(11)7-10-8-13-19(30(3)4)21(33)18(27(29)38)26(37)28(13,39)25(36)15(10)20(16)32/h5-6,9-10,13,19,31-32,37,39H,7-8H2,1-4H3,(H2,29,38)/t10-,13-,19-,28-/m0/s1. The lowest BCUT2D eigenvalue weighted by atomic mass is 9.57. The molecule has 4 atom stereocenters. The van der Waals surface area contributed by atoms with Gasteiger partial charge in [0.15, 0.2) is 17.1 Å². The fourth-order valence-corrected chi connectivity index (χ4v) is 6.44. The number of aromatic hydroxyl groups is 1. The predicted molar refractivity (Wildman–Crippen MR) is 140 cm³/mol. The van der Waals surface area contributed by atoms with Crippen LogP contribution in [-0.4, -0.2) is 74.6 Å². The molecule has 12 nitrogen and oxygen atoms in total. The van der Waals surface area contributed by atoms with E-state index in [1.165, 1.54) is 31.1 Å². The van der Waals surface area contributed by atoms with Crippen LogP contribution < -0.4 is 21.3 Å². The first-order chi connectivity index (χ1) is 18.6. The van der Waals surface area contributed by atoms with E-state index in [-0.39, 0.29) is 46.4 Å². The molecule has 0 bridgehead atoms. The molecule has 3 aliphatic rings. The van der Waals surface area contributed by atoms with E-state index in [4.69, 9.17) is 10.5 Å². The van der Waals surface area contributed by atoms with Crippen LogP contribution >= 0.6 is 0 Å². The third-order valence-electron chi connectivity index (χ3n) is 8.09. The van der Waals surface area contributed by atoms with Crippen molar-refractivity contribution in [3.63, 3.8) is 0 Å². The van der Waals surface area contributed by atoms with Gasteiger partial charge >= 0.3 is 0 Å². The third-order valence-corrected chi connectivity index (χ3v) is 8.09. The van der Waals surface area contributed by atoms with Crippen LogP contribution in [0, 0.1) is 11.8 Å². The number of aliphatic hydroxyl groups excluding tert-OH is 2. The van der Waals surface area contributed by atoms with E-state index < -0.39 is 80.8 Å². The number of nitrogens with zero attached hydrogens (tertiary/aromatic N) is 1. The van der Waals surface area contributed by atoms with Gasteiger partial charge in [-0.3, -0.25) is 28.9 Å². The van der Waals surface area contributed by atoms with E-state index in [1.54, 1.807) is 13.8 Å². The minimum Gasteiger partial charge on any atom is -0.508 e. The van der Waals surface area contributed by atoms with Gasteiger partial charge in [-0.05, 0) is 63.9 Å². The van der Waals surface area contributed by atoms with Crippen molar-refractivity contribution in [1.82, 2.24) is 4.90 Å². The summed E-state index contributed by atoms with van der Waals surface area (Å²) in [4.78, 5) is 65.5. The number of hydrogen-bond donors (Lipinski definition) is 5.